The van der Waals surface area contributed by atoms with E-state index in [0.29, 0.717) is 0 Å². The molecule has 14 heavy (non-hydrogen) atoms. The molecule has 74 valence electrons. The molecular weight excluding hydrogens is 192 g/mol. The summed E-state index contributed by atoms with van der Waals surface area (Å²) in [5, 5.41) is 8.67. The average Bonchev–Trinajstić information content (AvgIpc) is 2.15. The fourth-order valence-corrected chi connectivity index (χ4v) is 2.10. The summed E-state index contributed by atoms with van der Waals surface area (Å²) >= 11 is 5.02. The molecule has 1 heterocycles. The molecule has 0 aromatic heterocycles. The Morgan fingerprint density at radius 1 is 1.29 bits per heavy atom. The highest BCUT2D eigenvalue weighted by atomic mass is 32.1. The Kier molecular flexibility index (Phi) is 2.19. The maximum absolute atomic E-state index is 5.02. The van der Waals surface area contributed by atoms with Gasteiger partial charge in [0.25, 0.3) is 0 Å². The molecule has 1 aromatic rings. The molecule has 1 aromatic carbocycles. The molecule has 1 aliphatic heterocycles. The summed E-state index contributed by atoms with van der Waals surface area (Å²) < 4.78 is 0. The molecule has 2 N–H and O–H groups in total. The highest BCUT2D eigenvalue weighted by molar-refractivity contribution is 7.79. The van der Waals surface area contributed by atoms with Gasteiger partial charge in [-0.05, 0) is 26.0 Å². The molecule has 0 fully saturated rings. The topological polar surface area (TPSA) is 24.1 Å². The van der Waals surface area contributed by atoms with Crippen LogP contribution in [0, 0.1) is 0 Å². The highest BCUT2D eigenvalue weighted by Crippen LogP contribution is 2.32. The molecule has 1 aliphatic rings. The smallest absolute Gasteiger partial charge is 0.0771 e. The quantitative estimate of drug-likeness (QED) is 0.691. The number of thiocarbonyl (C=S) groups is 1. The number of rotatable bonds is 1. The van der Waals surface area contributed by atoms with Gasteiger partial charge in [-0.15, -0.1) is 0 Å². The lowest BCUT2D eigenvalue weighted by Crippen LogP contribution is -2.51. The van der Waals surface area contributed by atoms with Crippen molar-refractivity contribution < 1.29 is 0 Å². The van der Waals surface area contributed by atoms with Crippen LogP contribution < -0.4 is 10.6 Å². The molecule has 3 heteroatoms. The van der Waals surface area contributed by atoms with E-state index in [-0.39, 0.29) is 11.6 Å². The maximum Gasteiger partial charge on any atom is 0.0771 e. The van der Waals surface area contributed by atoms with E-state index >= 15 is 0 Å². The van der Waals surface area contributed by atoms with E-state index in [4.69, 9.17) is 12.2 Å². The fraction of sp³-hybridized carbons (Fsp3) is 0.364. The SMILES string of the molecule is CC1(C)Nc2ccccc2NC1C=S. The van der Waals surface area contributed by atoms with Crippen LogP contribution in [0.1, 0.15) is 13.8 Å². The van der Waals surface area contributed by atoms with Crippen molar-refractivity contribution in [3.63, 3.8) is 0 Å². The predicted molar refractivity (Wildman–Crippen MR) is 65.2 cm³/mol. The molecule has 0 amide bonds. The van der Waals surface area contributed by atoms with Crippen molar-refractivity contribution in [2.45, 2.75) is 25.4 Å². The van der Waals surface area contributed by atoms with Gasteiger partial charge in [0.05, 0.1) is 23.0 Å². The Bertz CT molecular complexity index is 360. The predicted octanol–water partition coefficient (Wildman–Crippen LogP) is 2.67. The Labute approximate surface area is 89.7 Å². The van der Waals surface area contributed by atoms with Crippen LogP contribution in [0.2, 0.25) is 0 Å². The summed E-state index contributed by atoms with van der Waals surface area (Å²) in [5.74, 6) is 0. The third-order valence-corrected chi connectivity index (χ3v) is 2.88. The van der Waals surface area contributed by atoms with Crippen LogP contribution in [-0.4, -0.2) is 16.9 Å². The fourth-order valence-electron chi connectivity index (χ4n) is 1.69. The summed E-state index contributed by atoms with van der Waals surface area (Å²) in [5.41, 5.74) is 2.24. The van der Waals surface area contributed by atoms with Gasteiger partial charge in [0, 0.05) is 5.37 Å². The van der Waals surface area contributed by atoms with Gasteiger partial charge >= 0.3 is 0 Å². The summed E-state index contributed by atoms with van der Waals surface area (Å²) in [4.78, 5) is 0. The zero-order valence-electron chi connectivity index (χ0n) is 8.37. The molecule has 1 unspecified atom stereocenters. The molecule has 0 aliphatic carbocycles. The molecular formula is C11H14N2S. The number of para-hydroxylation sites is 2. The van der Waals surface area contributed by atoms with Gasteiger partial charge in [0.2, 0.25) is 0 Å². The van der Waals surface area contributed by atoms with Crippen LogP contribution in [0.4, 0.5) is 11.4 Å². The van der Waals surface area contributed by atoms with E-state index < -0.39 is 0 Å². The van der Waals surface area contributed by atoms with E-state index in [1.807, 2.05) is 12.1 Å². The first-order chi connectivity index (χ1) is 6.63. The first kappa shape index (κ1) is 9.46. The Balaban J connectivity index is 2.39. The third kappa shape index (κ3) is 1.48. The lowest BCUT2D eigenvalue weighted by Gasteiger charge is -2.40. The van der Waals surface area contributed by atoms with Crippen molar-refractivity contribution >= 4 is 29.0 Å². The monoisotopic (exact) mass is 206 g/mol. The minimum atomic E-state index is -0.0316. The van der Waals surface area contributed by atoms with E-state index in [1.54, 1.807) is 5.37 Å². The lowest BCUT2D eigenvalue weighted by molar-refractivity contribution is 0.545. The standard InChI is InChI=1S/C11H14N2S/c1-11(2)10(7-14)12-8-5-3-4-6-9(8)13-11/h3-7,10,12-13H,1-2H3. The largest absolute Gasteiger partial charge is 0.376 e. The molecule has 0 saturated carbocycles. The number of anilines is 2. The zero-order valence-corrected chi connectivity index (χ0v) is 9.19. The highest BCUT2D eigenvalue weighted by Gasteiger charge is 2.32. The Hall–Kier alpha value is -1.09. The number of hydrogen-bond acceptors (Lipinski definition) is 3. The normalized spacial score (nSPS) is 22.9. The van der Waals surface area contributed by atoms with E-state index in [9.17, 15) is 0 Å². The minimum Gasteiger partial charge on any atom is -0.376 e. The maximum atomic E-state index is 5.02. The Morgan fingerprint density at radius 3 is 2.57 bits per heavy atom. The van der Waals surface area contributed by atoms with Crippen molar-refractivity contribution in [1.82, 2.24) is 0 Å². The van der Waals surface area contributed by atoms with Crippen molar-refractivity contribution in [3.05, 3.63) is 24.3 Å². The second-order valence-electron chi connectivity index (χ2n) is 4.15. The summed E-state index contributed by atoms with van der Waals surface area (Å²) in [6.45, 7) is 4.28. The number of hydrogen-bond donors (Lipinski definition) is 2. The number of fused-ring (bicyclic) bond motifs is 1. The van der Waals surface area contributed by atoms with E-state index in [1.165, 1.54) is 0 Å². The van der Waals surface area contributed by atoms with Gasteiger partial charge in [0.1, 0.15) is 0 Å². The molecule has 2 rings (SSSR count). The number of nitrogens with one attached hydrogen (secondary N) is 2. The van der Waals surface area contributed by atoms with Crippen LogP contribution in [0.5, 0.6) is 0 Å². The van der Waals surface area contributed by atoms with Crippen LogP contribution >= 0.6 is 12.2 Å². The Morgan fingerprint density at radius 2 is 1.93 bits per heavy atom. The van der Waals surface area contributed by atoms with Gasteiger partial charge in [-0.25, -0.2) is 0 Å². The minimum absolute atomic E-state index is 0.0316. The van der Waals surface area contributed by atoms with Crippen molar-refractivity contribution in [2.75, 3.05) is 10.6 Å². The third-order valence-electron chi connectivity index (χ3n) is 2.61. The molecule has 0 bridgehead atoms. The summed E-state index contributed by atoms with van der Waals surface area (Å²) in [6.07, 6.45) is 0. The van der Waals surface area contributed by atoms with Gasteiger partial charge in [-0.1, -0.05) is 24.4 Å². The first-order valence-corrected chi connectivity index (χ1v) is 5.20. The molecule has 1 atom stereocenters. The second-order valence-corrected chi connectivity index (χ2v) is 4.42. The van der Waals surface area contributed by atoms with E-state index in [0.717, 1.165) is 11.4 Å². The second kappa shape index (κ2) is 3.24. The van der Waals surface area contributed by atoms with E-state index in [2.05, 4.69) is 36.6 Å². The lowest BCUT2D eigenvalue weighted by atomic mass is 9.92. The van der Waals surface area contributed by atoms with Crippen molar-refractivity contribution in [1.29, 1.82) is 0 Å². The van der Waals surface area contributed by atoms with Crippen LogP contribution in [-0.2, 0) is 0 Å². The van der Waals surface area contributed by atoms with Gasteiger partial charge in [0.15, 0.2) is 0 Å². The molecule has 0 spiro atoms. The molecule has 0 saturated heterocycles. The van der Waals surface area contributed by atoms with Gasteiger partial charge < -0.3 is 10.6 Å². The molecule has 0 radical (unpaired) electrons. The summed E-state index contributed by atoms with van der Waals surface area (Å²) in [6, 6.07) is 8.37. The van der Waals surface area contributed by atoms with Crippen molar-refractivity contribution in [2.24, 2.45) is 0 Å². The number of benzene rings is 1. The van der Waals surface area contributed by atoms with Crippen molar-refractivity contribution in [3.8, 4) is 0 Å². The van der Waals surface area contributed by atoms with Gasteiger partial charge in [-0.2, -0.15) is 0 Å². The van der Waals surface area contributed by atoms with Crippen LogP contribution in [0.3, 0.4) is 0 Å². The van der Waals surface area contributed by atoms with Crippen LogP contribution in [0.25, 0.3) is 0 Å². The summed E-state index contributed by atoms with van der Waals surface area (Å²) in [7, 11) is 0. The average molecular weight is 206 g/mol. The first-order valence-electron chi connectivity index (χ1n) is 4.72. The van der Waals surface area contributed by atoms with Crippen LogP contribution in [0.15, 0.2) is 24.3 Å². The molecule has 2 nitrogen and oxygen atoms in total. The zero-order chi connectivity index (χ0) is 10.2. The van der Waals surface area contributed by atoms with Gasteiger partial charge in [-0.3, -0.25) is 0 Å².